The number of hydrogen-bond acceptors (Lipinski definition) is 11. The highest BCUT2D eigenvalue weighted by Gasteiger charge is 2.40. The van der Waals surface area contributed by atoms with Crippen LogP contribution in [0.15, 0.2) is 47.7 Å². The predicted molar refractivity (Wildman–Crippen MR) is 209 cm³/mol. The van der Waals surface area contributed by atoms with E-state index in [-0.39, 0.29) is 60.0 Å². The average molecular weight is 814 g/mol. The molecule has 2 N–H and O–H groups in total. The molecule has 1 aliphatic carbocycles. The lowest BCUT2D eigenvalue weighted by atomic mass is 9.89. The number of para-hydroxylation sites is 1. The largest absolute Gasteiger partial charge is 0.488 e. The van der Waals surface area contributed by atoms with Crippen molar-refractivity contribution in [2.24, 2.45) is 7.05 Å². The summed E-state index contributed by atoms with van der Waals surface area (Å²) in [4.78, 5) is 60.7. The number of piperidine rings is 2. The highest BCUT2D eigenvalue weighted by atomic mass is 19.3. The van der Waals surface area contributed by atoms with Crippen LogP contribution in [0.4, 0.5) is 20.3 Å². The van der Waals surface area contributed by atoms with Gasteiger partial charge in [0.25, 0.3) is 12.3 Å². The molecule has 4 saturated heterocycles. The Balaban J connectivity index is 0.761. The molecule has 59 heavy (non-hydrogen) atoms. The van der Waals surface area contributed by atoms with Crippen LogP contribution in [0.1, 0.15) is 92.3 Å². The third-order valence-electron chi connectivity index (χ3n) is 12.9. The molecular weight excluding hydrogens is 769 g/mol. The molecule has 5 fully saturated rings. The van der Waals surface area contributed by atoms with Crippen molar-refractivity contribution in [3.8, 4) is 5.75 Å². The molecule has 1 aromatic carbocycles. The van der Waals surface area contributed by atoms with Crippen LogP contribution >= 0.6 is 0 Å². The molecule has 1 saturated carbocycles. The molecule has 3 atom stereocenters. The molecule has 19 heteroatoms. The molecule has 2 bridgehead atoms. The Morgan fingerprint density at radius 2 is 1.81 bits per heavy atom. The summed E-state index contributed by atoms with van der Waals surface area (Å²) in [5, 5.41) is 13.6. The van der Waals surface area contributed by atoms with Crippen molar-refractivity contribution in [2.75, 3.05) is 36.5 Å². The summed E-state index contributed by atoms with van der Waals surface area (Å²) in [6, 6.07) is 7.02. The van der Waals surface area contributed by atoms with Crippen LogP contribution in [0.5, 0.6) is 5.75 Å². The van der Waals surface area contributed by atoms with E-state index in [1.54, 1.807) is 24.0 Å². The van der Waals surface area contributed by atoms with Crippen molar-refractivity contribution in [3.63, 3.8) is 0 Å². The summed E-state index contributed by atoms with van der Waals surface area (Å²) in [6.45, 7) is 3.02. The number of imide groups is 1. The summed E-state index contributed by atoms with van der Waals surface area (Å²) in [6.07, 6.45) is 8.09. The molecule has 4 aliphatic heterocycles. The van der Waals surface area contributed by atoms with Crippen LogP contribution in [-0.2, 0) is 21.4 Å². The van der Waals surface area contributed by atoms with Gasteiger partial charge >= 0.3 is 5.69 Å². The standard InChI is InChI=1S/C40H45F2N11O6/c1-48-35-29(53(40(48)57)30-9-10-33(54)46-39(30)56)3-2-4-31(35)59-25-11-14-49(15-12-25)22-5-7-23(8-6-22)52-20-28(34(47-52)36(41)42)44-38(55)27-18-43-51-16-13-32(45-37(27)51)50-19-26-17-24(50)21-58-26/h2-4,13,16,18,20,22-26,30,36H,5-12,14-15,17,19,21H2,1H3,(H,44,55)(H,46,54,56)/t22?,23?,24-,26-,30?/m1/s1. The fraction of sp³-hybridized carbons (Fsp3) is 0.525. The summed E-state index contributed by atoms with van der Waals surface area (Å²) in [5.74, 6) is -0.100. The van der Waals surface area contributed by atoms with Gasteiger partial charge in [-0.3, -0.25) is 33.5 Å². The number of nitrogens with one attached hydrogen (secondary N) is 2. The second-order valence-corrected chi connectivity index (χ2v) is 16.4. The van der Waals surface area contributed by atoms with E-state index in [2.05, 4.69) is 30.6 Å². The maximum atomic E-state index is 14.3. The number of anilines is 2. The number of carbonyl (C=O) groups is 3. The maximum Gasteiger partial charge on any atom is 0.329 e. The van der Waals surface area contributed by atoms with E-state index < -0.39 is 30.0 Å². The first kappa shape index (κ1) is 37.6. The lowest BCUT2D eigenvalue weighted by Crippen LogP contribution is -2.45. The Bertz CT molecular complexity index is 2510. The van der Waals surface area contributed by atoms with Crippen molar-refractivity contribution >= 4 is 45.9 Å². The van der Waals surface area contributed by atoms with E-state index in [0.717, 1.165) is 70.4 Å². The van der Waals surface area contributed by atoms with E-state index in [1.165, 1.54) is 26.0 Å². The van der Waals surface area contributed by atoms with Crippen molar-refractivity contribution < 1.29 is 32.6 Å². The third kappa shape index (κ3) is 6.73. The lowest BCUT2D eigenvalue weighted by Gasteiger charge is -2.40. The minimum atomic E-state index is -2.88. The highest BCUT2D eigenvalue weighted by Crippen LogP contribution is 2.37. The summed E-state index contributed by atoms with van der Waals surface area (Å²) in [5.41, 5.74) is 0.889. The molecule has 5 aromatic rings. The smallest absolute Gasteiger partial charge is 0.329 e. The molecule has 0 spiro atoms. The summed E-state index contributed by atoms with van der Waals surface area (Å²) in [7, 11) is 1.66. The zero-order chi connectivity index (χ0) is 40.5. The molecule has 8 heterocycles. The second kappa shape index (κ2) is 14.8. The Hall–Kier alpha value is -5.69. The van der Waals surface area contributed by atoms with Gasteiger partial charge in [-0.15, -0.1) is 0 Å². The summed E-state index contributed by atoms with van der Waals surface area (Å²) < 4.78 is 46.9. The van der Waals surface area contributed by atoms with Crippen molar-refractivity contribution in [3.05, 3.63) is 64.6 Å². The lowest BCUT2D eigenvalue weighted by molar-refractivity contribution is -0.135. The number of amides is 3. The fourth-order valence-electron chi connectivity index (χ4n) is 9.85. The molecule has 4 aromatic heterocycles. The van der Waals surface area contributed by atoms with Crippen LogP contribution in [0.25, 0.3) is 16.7 Å². The number of ether oxygens (including phenoxy) is 2. The van der Waals surface area contributed by atoms with Crippen LogP contribution in [0.2, 0.25) is 0 Å². The Kier molecular flexibility index (Phi) is 9.45. The van der Waals surface area contributed by atoms with Crippen LogP contribution < -0.4 is 26.0 Å². The highest BCUT2D eigenvalue weighted by molar-refractivity contribution is 6.08. The predicted octanol–water partition coefficient (Wildman–Crippen LogP) is 3.75. The number of carbonyl (C=O) groups excluding carboxylic acids is 3. The van der Waals surface area contributed by atoms with Crippen molar-refractivity contribution in [1.82, 2.24) is 43.7 Å². The first-order chi connectivity index (χ1) is 28.6. The molecule has 17 nitrogen and oxygen atoms in total. The van der Waals surface area contributed by atoms with Gasteiger partial charge in [0, 0.05) is 51.5 Å². The first-order valence-electron chi connectivity index (χ1n) is 20.4. The van der Waals surface area contributed by atoms with Gasteiger partial charge < -0.3 is 24.6 Å². The quantitative estimate of drug-likeness (QED) is 0.208. The number of aryl methyl sites for hydroxylation is 1. The number of halogens is 2. The SMILES string of the molecule is Cn1c(=O)n(C2CCC(=O)NC2=O)c2cccc(OC3CCN(C4CCC(n5cc(NC(=O)c6cnn7ccc(N8C[C@H]9C[C@@H]8CO9)nc67)c(C(F)F)n5)CC4)CC3)c21. The minimum absolute atomic E-state index is 0.0259. The zero-order valence-corrected chi connectivity index (χ0v) is 32.5. The number of morpholine rings is 1. The van der Waals surface area contributed by atoms with E-state index in [4.69, 9.17) is 14.5 Å². The minimum Gasteiger partial charge on any atom is -0.488 e. The van der Waals surface area contributed by atoms with Gasteiger partial charge in [0.1, 0.15) is 34.8 Å². The molecule has 5 aliphatic rings. The number of hydrogen-bond donors (Lipinski definition) is 2. The first-order valence-corrected chi connectivity index (χ1v) is 20.4. The number of imidazole rings is 1. The van der Waals surface area contributed by atoms with E-state index in [9.17, 15) is 28.0 Å². The second-order valence-electron chi connectivity index (χ2n) is 16.4. The van der Waals surface area contributed by atoms with Gasteiger partial charge in [-0.05, 0) is 69.6 Å². The Morgan fingerprint density at radius 1 is 1.02 bits per heavy atom. The Labute approximate surface area is 336 Å². The van der Waals surface area contributed by atoms with E-state index in [0.29, 0.717) is 35.1 Å². The van der Waals surface area contributed by atoms with Crippen molar-refractivity contribution in [1.29, 1.82) is 0 Å². The Morgan fingerprint density at radius 3 is 2.54 bits per heavy atom. The number of rotatable bonds is 9. The van der Waals surface area contributed by atoms with Crippen molar-refractivity contribution in [2.45, 2.75) is 101 Å². The molecule has 1 unspecified atom stereocenters. The van der Waals surface area contributed by atoms with Crippen LogP contribution in [-0.4, -0.2) is 107 Å². The molecular formula is C40H45F2N11O6. The van der Waals surface area contributed by atoms with Crippen LogP contribution in [0, 0.1) is 0 Å². The topological polar surface area (TPSA) is 175 Å². The fourth-order valence-corrected chi connectivity index (χ4v) is 9.85. The number of aromatic nitrogens is 7. The third-order valence-corrected chi connectivity index (χ3v) is 12.9. The maximum absolute atomic E-state index is 14.3. The van der Waals surface area contributed by atoms with E-state index >= 15 is 0 Å². The monoisotopic (exact) mass is 813 g/mol. The van der Waals surface area contributed by atoms with E-state index in [1.807, 2.05) is 18.2 Å². The molecule has 310 valence electrons. The number of likely N-dealkylation sites (tertiary alicyclic amines) is 1. The number of alkyl halides is 2. The summed E-state index contributed by atoms with van der Waals surface area (Å²) >= 11 is 0. The van der Waals surface area contributed by atoms with Gasteiger partial charge in [-0.2, -0.15) is 10.2 Å². The molecule has 10 rings (SSSR count). The normalized spacial score (nSPS) is 25.4. The van der Waals surface area contributed by atoms with Gasteiger partial charge in [-0.25, -0.2) is 23.1 Å². The van der Waals surface area contributed by atoms with Crippen LogP contribution in [0.3, 0.4) is 0 Å². The van der Waals surface area contributed by atoms with Gasteiger partial charge in [0.05, 0.1) is 42.2 Å². The zero-order valence-electron chi connectivity index (χ0n) is 32.5. The number of fused-ring (bicyclic) bond motifs is 4. The van der Waals surface area contributed by atoms with Gasteiger partial charge in [-0.1, -0.05) is 6.07 Å². The average Bonchev–Trinajstić information content (AvgIpc) is 4.08. The molecule has 0 radical (unpaired) electrons. The van der Waals surface area contributed by atoms with Gasteiger partial charge in [0.15, 0.2) is 11.3 Å². The number of benzene rings is 1. The molecule has 3 amide bonds. The number of nitrogens with zero attached hydrogens (tertiary/aromatic N) is 9. The van der Waals surface area contributed by atoms with Gasteiger partial charge in [0.2, 0.25) is 11.8 Å².